The van der Waals surface area contributed by atoms with Gasteiger partial charge in [0.15, 0.2) is 11.8 Å². The molecule has 7 nitrogen and oxygen atoms in total. The summed E-state index contributed by atoms with van der Waals surface area (Å²) in [7, 11) is 0. The first-order valence-corrected chi connectivity index (χ1v) is 9.07. The number of benzene rings is 2. The Balaban J connectivity index is 1.66. The smallest absolute Gasteiger partial charge is 0.359 e. The predicted octanol–water partition coefficient (Wildman–Crippen LogP) is 3.60. The minimum absolute atomic E-state index is 0.0611. The van der Waals surface area contributed by atoms with Crippen LogP contribution in [-0.4, -0.2) is 34.6 Å². The molecule has 1 N–H and O–H groups in total. The van der Waals surface area contributed by atoms with Crippen LogP contribution in [0.1, 0.15) is 30.8 Å². The molecule has 144 valence electrons. The maximum Gasteiger partial charge on any atom is 0.359 e. The number of hydrogen-bond acceptors (Lipinski definition) is 6. The molecule has 3 rings (SSSR count). The van der Waals surface area contributed by atoms with Crippen molar-refractivity contribution in [2.75, 3.05) is 11.9 Å². The number of anilines is 1. The second-order valence-corrected chi connectivity index (χ2v) is 5.99. The van der Waals surface area contributed by atoms with Gasteiger partial charge in [-0.15, -0.1) is 0 Å². The number of fused-ring (bicyclic) bond motifs is 1. The molecule has 0 saturated carbocycles. The number of carbonyl (C=O) groups is 2. The van der Waals surface area contributed by atoms with Crippen molar-refractivity contribution in [1.82, 2.24) is 9.97 Å². The summed E-state index contributed by atoms with van der Waals surface area (Å²) < 4.78 is 10.7. The highest BCUT2D eigenvalue weighted by atomic mass is 16.5. The largest absolute Gasteiger partial charge is 0.494 e. The summed E-state index contributed by atoms with van der Waals surface area (Å²) in [6.07, 6.45) is 0.740. The van der Waals surface area contributed by atoms with Gasteiger partial charge in [0.25, 0.3) is 5.91 Å². The van der Waals surface area contributed by atoms with Crippen LogP contribution in [0, 0.1) is 0 Å². The number of para-hydroxylation sites is 2. The first-order chi connectivity index (χ1) is 13.6. The summed E-state index contributed by atoms with van der Waals surface area (Å²) in [5.41, 5.74) is 1.92. The van der Waals surface area contributed by atoms with Gasteiger partial charge in [0, 0.05) is 5.69 Å². The molecule has 1 atom stereocenters. The van der Waals surface area contributed by atoms with E-state index in [0.29, 0.717) is 35.5 Å². The molecule has 0 spiro atoms. The molecule has 28 heavy (non-hydrogen) atoms. The van der Waals surface area contributed by atoms with Gasteiger partial charge in [0.2, 0.25) is 0 Å². The fourth-order valence-corrected chi connectivity index (χ4v) is 2.59. The van der Waals surface area contributed by atoms with E-state index in [9.17, 15) is 9.59 Å². The first-order valence-electron chi connectivity index (χ1n) is 9.07. The van der Waals surface area contributed by atoms with Crippen LogP contribution >= 0.6 is 0 Å². The Morgan fingerprint density at radius 1 is 1.04 bits per heavy atom. The highest BCUT2D eigenvalue weighted by Crippen LogP contribution is 2.17. The number of nitrogens with one attached hydrogen (secondary N) is 1. The van der Waals surface area contributed by atoms with E-state index >= 15 is 0 Å². The van der Waals surface area contributed by atoms with Crippen LogP contribution in [0.5, 0.6) is 5.75 Å². The van der Waals surface area contributed by atoms with Gasteiger partial charge in [-0.1, -0.05) is 19.1 Å². The second kappa shape index (κ2) is 8.94. The Hall–Kier alpha value is -3.48. The molecular weight excluding hydrogens is 358 g/mol. The Bertz CT molecular complexity index is 973. The summed E-state index contributed by atoms with van der Waals surface area (Å²) in [5.74, 6) is -0.380. The van der Waals surface area contributed by atoms with E-state index in [0.717, 1.165) is 0 Å². The molecule has 7 heteroatoms. The number of carbonyl (C=O) groups excluding carboxylic acids is 2. The van der Waals surface area contributed by atoms with Gasteiger partial charge < -0.3 is 14.8 Å². The zero-order valence-corrected chi connectivity index (χ0v) is 15.7. The fourth-order valence-electron chi connectivity index (χ4n) is 2.59. The Kier molecular flexibility index (Phi) is 6.16. The Morgan fingerprint density at radius 3 is 2.43 bits per heavy atom. The molecule has 1 unspecified atom stereocenters. The second-order valence-electron chi connectivity index (χ2n) is 5.99. The summed E-state index contributed by atoms with van der Waals surface area (Å²) >= 11 is 0. The van der Waals surface area contributed by atoms with Gasteiger partial charge in [0.05, 0.1) is 23.8 Å². The van der Waals surface area contributed by atoms with E-state index < -0.39 is 18.0 Å². The fraction of sp³-hybridized carbons (Fsp3) is 0.238. The molecule has 0 aliphatic rings. The van der Waals surface area contributed by atoms with Crippen LogP contribution in [0.4, 0.5) is 5.69 Å². The van der Waals surface area contributed by atoms with Crippen LogP contribution in [0.15, 0.2) is 54.7 Å². The standard InChI is InChI=1S/C21H21N3O4/c1-3-19(20(25)23-14-9-11-15(12-10-14)27-4-2)28-21(26)18-13-22-16-7-5-6-8-17(16)24-18/h5-13,19H,3-4H2,1-2H3,(H,23,25). The van der Waals surface area contributed by atoms with Crippen LogP contribution in [-0.2, 0) is 9.53 Å². The summed E-state index contributed by atoms with van der Waals surface area (Å²) in [5, 5.41) is 2.74. The lowest BCUT2D eigenvalue weighted by molar-refractivity contribution is -0.124. The number of aromatic nitrogens is 2. The van der Waals surface area contributed by atoms with Crippen molar-refractivity contribution in [3.05, 3.63) is 60.4 Å². The van der Waals surface area contributed by atoms with Gasteiger partial charge in [-0.05, 0) is 49.7 Å². The molecular formula is C21H21N3O4. The van der Waals surface area contributed by atoms with E-state index in [1.165, 1.54) is 6.20 Å². The van der Waals surface area contributed by atoms with E-state index in [4.69, 9.17) is 9.47 Å². The number of esters is 1. The van der Waals surface area contributed by atoms with Crippen LogP contribution in [0.25, 0.3) is 11.0 Å². The number of nitrogens with zero attached hydrogens (tertiary/aromatic N) is 2. The number of ether oxygens (including phenoxy) is 2. The SMILES string of the molecule is CCOc1ccc(NC(=O)C(CC)OC(=O)c2cnc3ccccc3n2)cc1. The molecule has 3 aromatic rings. The molecule has 0 aliphatic carbocycles. The lowest BCUT2D eigenvalue weighted by atomic mass is 10.2. The predicted molar refractivity (Wildman–Crippen MR) is 105 cm³/mol. The van der Waals surface area contributed by atoms with Crippen molar-refractivity contribution in [1.29, 1.82) is 0 Å². The van der Waals surface area contributed by atoms with E-state index in [1.54, 1.807) is 43.3 Å². The monoisotopic (exact) mass is 379 g/mol. The molecule has 0 radical (unpaired) electrons. The third-order valence-electron chi connectivity index (χ3n) is 4.00. The average Bonchev–Trinajstić information content (AvgIpc) is 2.73. The quantitative estimate of drug-likeness (QED) is 0.631. The molecule has 1 amide bonds. The average molecular weight is 379 g/mol. The minimum atomic E-state index is -0.938. The lowest BCUT2D eigenvalue weighted by Gasteiger charge is -2.16. The molecule has 0 fully saturated rings. The third kappa shape index (κ3) is 4.62. The lowest BCUT2D eigenvalue weighted by Crippen LogP contribution is -2.32. The van der Waals surface area contributed by atoms with Gasteiger partial charge >= 0.3 is 5.97 Å². The maximum atomic E-state index is 12.5. The molecule has 2 aromatic carbocycles. The van der Waals surface area contributed by atoms with E-state index in [2.05, 4.69) is 15.3 Å². The van der Waals surface area contributed by atoms with Crippen molar-refractivity contribution in [2.45, 2.75) is 26.4 Å². The summed E-state index contributed by atoms with van der Waals surface area (Å²) in [6, 6.07) is 14.2. The highest BCUT2D eigenvalue weighted by molar-refractivity contribution is 5.97. The van der Waals surface area contributed by atoms with Gasteiger partial charge in [-0.3, -0.25) is 9.78 Å². The molecule has 0 aliphatic heterocycles. The topological polar surface area (TPSA) is 90.4 Å². The van der Waals surface area contributed by atoms with Gasteiger partial charge in [-0.25, -0.2) is 9.78 Å². The van der Waals surface area contributed by atoms with E-state index in [1.807, 2.05) is 19.1 Å². The van der Waals surface area contributed by atoms with Gasteiger partial charge in [0.1, 0.15) is 5.75 Å². The molecule has 1 heterocycles. The van der Waals surface area contributed by atoms with Crippen LogP contribution in [0.2, 0.25) is 0 Å². The van der Waals surface area contributed by atoms with Crippen molar-refractivity contribution in [2.24, 2.45) is 0 Å². The normalized spacial score (nSPS) is 11.6. The number of rotatable bonds is 7. The Labute approximate surface area is 162 Å². The minimum Gasteiger partial charge on any atom is -0.494 e. The molecule has 0 bridgehead atoms. The Morgan fingerprint density at radius 2 is 1.75 bits per heavy atom. The number of hydrogen-bond donors (Lipinski definition) is 1. The zero-order valence-electron chi connectivity index (χ0n) is 15.7. The molecule has 0 saturated heterocycles. The van der Waals surface area contributed by atoms with Crippen molar-refractivity contribution in [3.63, 3.8) is 0 Å². The van der Waals surface area contributed by atoms with E-state index in [-0.39, 0.29) is 5.69 Å². The first kappa shape index (κ1) is 19.3. The summed E-state index contributed by atoms with van der Waals surface area (Å²) in [6.45, 7) is 4.23. The van der Waals surface area contributed by atoms with Crippen molar-refractivity contribution < 1.29 is 19.1 Å². The van der Waals surface area contributed by atoms with Crippen LogP contribution < -0.4 is 10.1 Å². The third-order valence-corrected chi connectivity index (χ3v) is 4.00. The zero-order chi connectivity index (χ0) is 19.9. The highest BCUT2D eigenvalue weighted by Gasteiger charge is 2.23. The number of amides is 1. The van der Waals surface area contributed by atoms with Crippen LogP contribution in [0.3, 0.4) is 0 Å². The van der Waals surface area contributed by atoms with Gasteiger partial charge in [-0.2, -0.15) is 0 Å². The maximum absolute atomic E-state index is 12.5. The summed E-state index contributed by atoms with van der Waals surface area (Å²) in [4.78, 5) is 33.3. The molecule has 1 aromatic heterocycles. The van der Waals surface area contributed by atoms with Crippen molar-refractivity contribution >= 4 is 28.6 Å². The van der Waals surface area contributed by atoms with Crippen molar-refractivity contribution in [3.8, 4) is 5.75 Å².